The van der Waals surface area contributed by atoms with E-state index in [1.807, 2.05) is 17.6 Å². The van der Waals surface area contributed by atoms with Crippen LogP contribution in [0, 0.1) is 11.3 Å². The molecule has 2 nitrogen and oxygen atoms in total. The molecule has 1 N–H and O–H groups in total. The lowest BCUT2D eigenvalue weighted by Crippen LogP contribution is -2.03. The van der Waals surface area contributed by atoms with Crippen LogP contribution in [0.25, 0.3) is 0 Å². The zero-order valence-corrected chi connectivity index (χ0v) is 5.61. The molecule has 46 valence electrons. The first-order valence-corrected chi connectivity index (χ1v) is 3.86. The average molecular weight is 138 g/mol. The number of hydrogen-bond donors (Lipinski definition) is 1. The number of rotatable bonds is 0. The smallest absolute Gasteiger partial charge is 0.123 e. The summed E-state index contributed by atoms with van der Waals surface area (Å²) in [5.74, 6) is 3.73. The average Bonchev–Trinajstić information content (AvgIpc) is 1.88. The van der Waals surface area contributed by atoms with Crippen molar-refractivity contribution in [1.29, 1.82) is 5.26 Å². The van der Waals surface area contributed by atoms with Crippen LogP contribution in [0.5, 0.6) is 0 Å². The molecular formula is C6H6N2S. The molecule has 0 radical (unpaired) electrons. The summed E-state index contributed by atoms with van der Waals surface area (Å²) in [6, 6.07) is 2.00. The van der Waals surface area contributed by atoms with Gasteiger partial charge in [-0.25, -0.2) is 0 Å². The van der Waals surface area contributed by atoms with E-state index < -0.39 is 0 Å². The molecule has 0 aromatic rings. The van der Waals surface area contributed by atoms with Crippen LogP contribution in [0.4, 0.5) is 0 Å². The normalized spacial score (nSPS) is 23.9. The fourth-order valence-electron chi connectivity index (χ4n) is 0.500. The van der Waals surface area contributed by atoms with E-state index >= 15 is 0 Å². The molecule has 9 heavy (non-hydrogen) atoms. The van der Waals surface area contributed by atoms with E-state index in [-0.39, 0.29) is 10.7 Å². The van der Waals surface area contributed by atoms with Crippen LogP contribution in [0.1, 0.15) is 0 Å². The summed E-state index contributed by atoms with van der Waals surface area (Å²) in [6.45, 7) is 0. The predicted octanol–water partition coefficient (Wildman–Crippen LogP) is 1.13. The molecule has 0 aromatic heterocycles. The summed E-state index contributed by atoms with van der Waals surface area (Å²) in [5, 5.41) is 10.3. The highest BCUT2D eigenvalue weighted by atomic mass is 32.2. The maximum Gasteiger partial charge on any atom is 0.123 e. The molecule has 1 atom stereocenters. The Kier molecular flexibility index (Phi) is 1.71. The van der Waals surface area contributed by atoms with Crippen molar-refractivity contribution >= 4 is 16.5 Å². The molecule has 0 amide bonds. The Morgan fingerprint density at radius 2 is 2.56 bits per heavy atom. The third-order valence-corrected chi connectivity index (χ3v) is 1.83. The van der Waals surface area contributed by atoms with E-state index in [0.717, 1.165) is 0 Å². The van der Waals surface area contributed by atoms with E-state index in [2.05, 4.69) is 10.6 Å². The van der Waals surface area contributed by atoms with Crippen molar-refractivity contribution in [2.45, 2.75) is 0 Å². The van der Waals surface area contributed by atoms with Crippen LogP contribution in [0.15, 0.2) is 23.3 Å². The molecule has 1 rings (SSSR count). The quantitative estimate of drug-likeness (QED) is 0.509. The summed E-state index contributed by atoms with van der Waals surface area (Å²) in [6.07, 6.45) is 3.57. The highest BCUT2D eigenvalue weighted by Crippen LogP contribution is 2.12. The van der Waals surface area contributed by atoms with Gasteiger partial charge in [0.1, 0.15) is 11.8 Å². The molecule has 1 aliphatic rings. The van der Waals surface area contributed by atoms with Gasteiger partial charge >= 0.3 is 0 Å². The van der Waals surface area contributed by atoms with E-state index in [4.69, 9.17) is 5.26 Å². The van der Waals surface area contributed by atoms with Gasteiger partial charge in [-0.15, -0.1) is 0 Å². The molecule has 0 aliphatic carbocycles. The van der Waals surface area contributed by atoms with E-state index in [1.54, 1.807) is 6.08 Å². The van der Waals surface area contributed by atoms with Crippen LogP contribution >= 0.6 is 10.7 Å². The van der Waals surface area contributed by atoms with Gasteiger partial charge in [0.25, 0.3) is 0 Å². The lowest BCUT2D eigenvalue weighted by Gasteiger charge is -2.06. The third-order valence-electron chi connectivity index (χ3n) is 0.867. The van der Waals surface area contributed by atoms with Gasteiger partial charge < -0.3 is 4.72 Å². The lowest BCUT2D eigenvalue weighted by atomic mass is 10.4. The van der Waals surface area contributed by atoms with Crippen LogP contribution in [-0.4, -0.2) is 5.87 Å². The van der Waals surface area contributed by atoms with Gasteiger partial charge in [-0.05, 0) is 11.5 Å². The van der Waals surface area contributed by atoms with E-state index in [1.165, 1.54) is 0 Å². The molecule has 0 spiro atoms. The second-order valence-electron chi connectivity index (χ2n) is 1.55. The molecule has 0 saturated carbocycles. The molecule has 0 bridgehead atoms. The fourth-order valence-corrected chi connectivity index (χ4v) is 1.23. The molecule has 0 aromatic carbocycles. The number of nitrogens with one attached hydrogen (secondary N) is 1. The number of nitriles is 1. The zero-order valence-electron chi connectivity index (χ0n) is 4.79. The largest absolute Gasteiger partial charge is 0.324 e. The molecule has 1 heterocycles. The first-order valence-electron chi connectivity index (χ1n) is 2.41. The summed E-state index contributed by atoms with van der Waals surface area (Å²) >= 11 is 0. The van der Waals surface area contributed by atoms with Gasteiger partial charge in [0, 0.05) is 0 Å². The van der Waals surface area contributed by atoms with Gasteiger partial charge in [-0.1, -0.05) is 22.6 Å². The van der Waals surface area contributed by atoms with Crippen molar-refractivity contribution in [3.63, 3.8) is 0 Å². The maximum absolute atomic E-state index is 8.37. The Labute approximate surface area is 56.6 Å². The van der Waals surface area contributed by atoms with Crippen LogP contribution in [0.2, 0.25) is 0 Å². The van der Waals surface area contributed by atoms with E-state index in [0.29, 0.717) is 5.70 Å². The second-order valence-corrected chi connectivity index (χ2v) is 2.89. The topological polar surface area (TPSA) is 35.8 Å². The summed E-state index contributed by atoms with van der Waals surface area (Å²) < 4.78 is 2.90. The zero-order chi connectivity index (χ0) is 6.69. The van der Waals surface area contributed by atoms with Gasteiger partial charge in [-0.2, -0.15) is 5.26 Å². The lowest BCUT2D eigenvalue weighted by molar-refractivity contribution is 1.28. The van der Waals surface area contributed by atoms with Crippen molar-refractivity contribution in [2.24, 2.45) is 0 Å². The van der Waals surface area contributed by atoms with Crippen molar-refractivity contribution in [2.75, 3.05) is 0 Å². The summed E-state index contributed by atoms with van der Waals surface area (Å²) in [4.78, 5) is 0. The van der Waals surface area contributed by atoms with Gasteiger partial charge in [0.15, 0.2) is 0 Å². The van der Waals surface area contributed by atoms with Crippen molar-refractivity contribution in [3.8, 4) is 6.07 Å². The second kappa shape index (κ2) is 2.51. The Balaban J connectivity index is 2.80. The van der Waals surface area contributed by atoms with Gasteiger partial charge in [0.05, 0.1) is 0 Å². The minimum absolute atomic E-state index is 0.191. The van der Waals surface area contributed by atoms with Crippen molar-refractivity contribution in [1.82, 2.24) is 4.72 Å². The van der Waals surface area contributed by atoms with Gasteiger partial charge in [-0.3, -0.25) is 0 Å². The Bertz CT molecular complexity index is 232. The van der Waals surface area contributed by atoms with Crippen molar-refractivity contribution < 1.29 is 0 Å². The van der Waals surface area contributed by atoms with Gasteiger partial charge in [0.2, 0.25) is 0 Å². The highest BCUT2D eigenvalue weighted by molar-refractivity contribution is 8.15. The monoisotopic (exact) mass is 138 g/mol. The molecule has 1 aliphatic heterocycles. The van der Waals surface area contributed by atoms with Crippen LogP contribution in [-0.2, 0) is 0 Å². The van der Waals surface area contributed by atoms with Crippen molar-refractivity contribution in [3.05, 3.63) is 23.3 Å². The SMILES string of the molecule is C=S1C=CC=C(C#N)N1. The number of hydrogen-bond acceptors (Lipinski definition) is 2. The Hall–Kier alpha value is -1.01. The van der Waals surface area contributed by atoms with E-state index in [9.17, 15) is 0 Å². The van der Waals surface area contributed by atoms with Crippen LogP contribution < -0.4 is 4.72 Å². The Morgan fingerprint density at radius 3 is 3.00 bits per heavy atom. The Morgan fingerprint density at radius 1 is 1.78 bits per heavy atom. The number of nitrogens with zero attached hydrogens (tertiary/aromatic N) is 1. The van der Waals surface area contributed by atoms with Crippen LogP contribution in [0.3, 0.4) is 0 Å². The first-order chi connectivity index (χ1) is 4.33. The highest BCUT2D eigenvalue weighted by Gasteiger charge is 1.95. The predicted molar refractivity (Wildman–Crippen MR) is 40.7 cm³/mol. The summed E-state index contributed by atoms with van der Waals surface area (Å²) in [7, 11) is -0.191. The maximum atomic E-state index is 8.37. The summed E-state index contributed by atoms with van der Waals surface area (Å²) in [5.41, 5.74) is 0.593. The third kappa shape index (κ3) is 1.44. The first kappa shape index (κ1) is 6.12. The molecule has 0 fully saturated rings. The molecule has 3 heteroatoms. The number of allylic oxidation sites excluding steroid dienone is 3. The molecule has 0 saturated heterocycles. The minimum atomic E-state index is -0.191. The standard InChI is InChI=1S/C6H6N2S/c1-9-4-2-3-6(5-7)8-9/h2-4,8H,1H2. The fraction of sp³-hybridized carbons (Fsp3) is 0. The molecular weight excluding hydrogens is 132 g/mol. The minimum Gasteiger partial charge on any atom is -0.324 e. The molecule has 1 unspecified atom stereocenters.